The Morgan fingerprint density at radius 3 is 2.27 bits per heavy atom. The van der Waals surface area contributed by atoms with Crippen LogP contribution in [0.5, 0.6) is 5.75 Å². The summed E-state index contributed by atoms with van der Waals surface area (Å²) in [6.07, 6.45) is 0.612. The molecule has 0 bridgehead atoms. The summed E-state index contributed by atoms with van der Waals surface area (Å²) in [5.41, 5.74) is 7.13. The van der Waals surface area contributed by atoms with Gasteiger partial charge in [0.2, 0.25) is 10.0 Å². The highest BCUT2D eigenvalue weighted by Gasteiger charge is 2.12. The molecule has 0 spiro atoms. The lowest BCUT2D eigenvalue weighted by Crippen LogP contribution is -2.26. The second-order valence-corrected chi connectivity index (χ2v) is 6.56. The Hall–Kier alpha value is -2.05. The number of rotatable bonds is 7. The highest BCUT2D eigenvalue weighted by atomic mass is 32.2. The SMILES string of the molecule is CCOc1ccc(CCNS(=O)(=O)c2ccc(N)cc2)cc1. The number of nitrogens with two attached hydrogens (primary N) is 1. The number of sulfonamides is 1. The van der Waals surface area contributed by atoms with Crippen LogP contribution in [0.2, 0.25) is 0 Å². The first-order valence-corrected chi connectivity index (χ1v) is 8.56. The van der Waals surface area contributed by atoms with Crippen LogP contribution in [0, 0.1) is 0 Å². The standard InChI is InChI=1S/C16H20N2O3S/c1-2-21-15-7-3-13(4-8-15)11-12-18-22(19,20)16-9-5-14(17)6-10-16/h3-10,18H,2,11-12,17H2,1H3. The molecule has 0 unspecified atom stereocenters. The van der Waals surface area contributed by atoms with Crippen LogP contribution in [0.4, 0.5) is 5.69 Å². The Morgan fingerprint density at radius 2 is 1.68 bits per heavy atom. The van der Waals surface area contributed by atoms with E-state index >= 15 is 0 Å². The van der Waals surface area contributed by atoms with E-state index in [9.17, 15) is 8.42 Å². The van der Waals surface area contributed by atoms with Crippen LogP contribution in [0.1, 0.15) is 12.5 Å². The van der Waals surface area contributed by atoms with Crippen molar-refractivity contribution in [1.29, 1.82) is 0 Å². The third-order valence-corrected chi connectivity index (χ3v) is 4.61. The van der Waals surface area contributed by atoms with Gasteiger partial charge in [0, 0.05) is 12.2 Å². The highest BCUT2D eigenvalue weighted by Crippen LogP contribution is 2.13. The van der Waals surface area contributed by atoms with Crippen LogP contribution >= 0.6 is 0 Å². The molecule has 2 aromatic carbocycles. The lowest BCUT2D eigenvalue weighted by atomic mass is 10.1. The number of ether oxygens (including phenoxy) is 1. The maximum Gasteiger partial charge on any atom is 0.240 e. The second kappa shape index (κ2) is 7.29. The molecule has 0 aromatic heterocycles. The van der Waals surface area contributed by atoms with Gasteiger partial charge >= 0.3 is 0 Å². The fourth-order valence-electron chi connectivity index (χ4n) is 1.98. The van der Waals surface area contributed by atoms with Gasteiger partial charge in [-0.15, -0.1) is 0 Å². The van der Waals surface area contributed by atoms with Crippen LogP contribution in [0.15, 0.2) is 53.4 Å². The van der Waals surface area contributed by atoms with Gasteiger partial charge in [-0.3, -0.25) is 0 Å². The molecular formula is C16H20N2O3S. The van der Waals surface area contributed by atoms with Crippen molar-refractivity contribution in [3.05, 3.63) is 54.1 Å². The number of hydrogen-bond donors (Lipinski definition) is 2. The van der Waals surface area contributed by atoms with Crippen molar-refractivity contribution in [2.75, 3.05) is 18.9 Å². The average Bonchev–Trinajstić information content (AvgIpc) is 2.50. The molecule has 0 amide bonds. The van der Waals surface area contributed by atoms with Gasteiger partial charge in [0.05, 0.1) is 11.5 Å². The van der Waals surface area contributed by atoms with Crippen molar-refractivity contribution in [3.63, 3.8) is 0 Å². The van der Waals surface area contributed by atoms with E-state index in [1.54, 1.807) is 12.1 Å². The molecule has 0 atom stereocenters. The monoisotopic (exact) mass is 320 g/mol. The number of anilines is 1. The van der Waals surface area contributed by atoms with Crippen molar-refractivity contribution in [2.45, 2.75) is 18.2 Å². The van der Waals surface area contributed by atoms with Crippen molar-refractivity contribution in [2.24, 2.45) is 0 Å². The van der Waals surface area contributed by atoms with E-state index in [-0.39, 0.29) is 4.90 Å². The fraction of sp³-hybridized carbons (Fsp3) is 0.250. The Kier molecular flexibility index (Phi) is 5.41. The first kappa shape index (κ1) is 16.3. The summed E-state index contributed by atoms with van der Waals surface area (Å²) in [5, 5.41) is 0. The zero-order chi connectivity index (χ0) is 16.0. The maximum atomic E-state index is 12.1. The largest absolute Gasteiger partial charge is 0.494 e. The predicted octanol–water partition coefficient (Wildman–Crippen LogP) is 2.19. The maximum absolute atomic E-state index is 12.1. The topological polar surface area (TPSA) is 81.4 Å². The van der Waals surface area contributed by atoms with E-state index in [4.69, 9.17) is 10.5 Å². The molecule has 0 aliphatic heterocycles. The number of nitrogens with one attached hydrogen (secondary N) is 1. The molecule has 0 aliphatic carbocycles. The molecule has 0 fully saturated rings. The third-order valence-electron chi connectivity index (χ3n) is 3.13. The number of benzene rings is 2. The van der Waals surface area contributed by atoms with Crippen LogP contribution in [-0.4, -0.2) is 21.6 Å². The van der Waals surface area contributed by atoms with Gasteiger partial charge in [-0.1, -0.05) is 12.1 Å². The molecule has 0 radical (unpaired) electrons. The van der Waals surface area contributed by atoms with Crippen LogP contribution in [-0.2, 0) is 16.4 Å². The minimum Gasteiger partial charge on any atom is -0.494 e. The molecule has 0 aliphatic rings. The summed E-state index contributed by atoms with van der Waals surface area (Å²) in [4.78, 5) is 0.216. The van der Waals surface area contributed by atoms with Gasteiger partial charge in [0.1, 0.15) is 5.75 Å². The van der Waals surface area contributed by atoms with E-state index < -0.39 is 10.0 Å². The molecule has 118 valence electrons. The Bertz CT molecular complexity index is 695. The van der Waals surface area contributed by atoms with Gasteiger partial charge in [-0.25, -0.2) is 13.1 Å². The van der Waals surface area contributed by atoms with Crippen LogP contribution in [0.25, 0.3) is 0 Å². The Balaban J connectivity index is 1.91. The van der Waals surface area contributed by atoms with Gasteiger partial charge < -0.3 is 10.5 Å². The summed E-state index contributed by atoms with van der Waals surface area (Å²) in [6, 6.07) is 13.8. The van der Waals surface area contributed by atoms with Gasteiger partial charge in [0.15, 0.2) is 0 Å². The fourth-order valence-corrected chi connectivity index (χ4v) is 3.01. The van der Waals surface area contributed by atoms with Crippen LogP contribution in [0.3, 0.4) is 0 Å². The van der Waals surface area contributed by atoms with Crippen molar-refractivity contribution in [3.8, 4) is 5.75 Å². The van der Waals surface area contributed by atoms with E-state index in [0.29, 0.717) is 25.3 Å². The van der Waals surface area contributed by atoms with Crippen LogP contribution < -0.4 is 15.2 Å². The summed E-state index contributed by atoms with van der Waals surface area (Å²) in [7, 11) is -3.49. The van der Waals surface area contributed by atoms with Gasteiger partial charge in [-0.2, -0.15) is 0 Å². The van der Waals surface area contributed by atoms with Gasteiger partial charge in [0.25, 0.3) is 0 Å². The molecule has 2 rings (SSSR count). The molecule has 22 heavy (non-hydrogen) atoms. The molecule has 0 heterocycles. The van der Waals surface area contributed by atoms with Crippen molar-refractivity contribution in [1.82, 2.24) is 4.72 Å². The molecular weight excluding hydrogens is 300 g/mol. The summed E-state index contributed by atoms with van der Waals surface area (Å²) in [6.45, 7) is 2.89. The highest BCUT2D eigenvalue weighted by molar-refractivity contribution is 7.89. The Labute approximate surface area is 131 Å². The number of hydrogen-bond acceptors (Lipinski definition) is 4. The lowest BCUT2D eigenvalue weighted by molar-refractivity contribution is 0.340. The molecule has 6 heteroatoms. The molecule has 0 saturated heterocycles. The summed E-state index contributed by atoms with van der Waals surface area (Å²) in [5.74, 6) is 0.814. The van der Waals surface area contributed by atoms with E-state index in [0.717, 1.165) is 11.3 Å². The molecule has 2 aromatic rings. The zero-order valence-electron chi connectivity index (χ0n) is 12.5. The van der Waals surface area contributed by atoms with Crippen molar-refractivity contribution >= 4 is 15.7 Å². The summed E-state index contributed by atoms with van der Waals surface area (Å²) >= 11 is 0. The minimum atomic E-state index is -3.49. The number of nitrogen functional groups attached to an aromatic ring is 1. The van der Waals surface area contributed by atoms with Gasteiger partial charge in [-0.05, 0) is 55.3 Å². The third kappa shape index (κ3) is 4.47. The second-order valence-electron chi connectivity index (χ2n) is 4.79. The van der Waals surface area contributed by atoms with E-state index in [1.807, 2.05) is 31.2 Å². The summed E-state index contributed by atoms with van der Waals surface area (Å²) < 4.78 is 32.2. The molecule has 5 nitrogen and oxygen atoms in total. The zero-order valence-corrected chi connectivity index (χ0v) is 13.3. The minimum absolute atomic E-state index is 0.216. The smallest absolute Gasteiger partial charge is 0.240 e. The Morgan fingerprint density at radius 1 is 1.05 bits per heavy atom. The van der Waals surface area contributed by atoms with Crippen molar-refractivity contribution < 1.29 is 13.2 Å². The lowest BCUT2D eigenvalue weighted by Gasteiger charge is -2.08. The van der Waals surface area contributed by atoms with E-state index in [1.165, 1.54) is 12.1 Å². The predicted molar refractivity (Wildman–Crippen MR) is 87.4 cm³/mol. The quantitative estimate of drug-likeness (QED) is 0.766. The molecule has 3 N–H and O–H groups in total. The molecule has 0 saturated carbocycles. The first-order chi connectivity index (χ1) is 10.5. The average molecular weight is 320 g/mol. The van der Waals surface area contributed by atoms with E-state index in [2.05, 4.69) is 4.72 Å². The normalized spacial score (nSPS) is 11.3. The first-order valence-electron chi connectivity index (χ1n) is 7.08.